The summed E-state index contributed by atoms with van der Waals surface area (Å²) in [6, 6.07) is 21.4. The van der Waals surface area contributed by atoms with Crippen LogP contribution in [0.3, 0.4) is 0 Å². The van der Waals surface area contributed by atoms with Crippen molar-refractivity contribution in [2.75, 3.05) is 5.43 Å². The number of nitro benzene ring substituents is 1. The lowest BCUT2D eigenvalue weighted by Gasteiger charge is -2.07. The summed E-state index contributed by atoms with van der Waals surface area (Å²) in [5, 5.41) is 15.1. The van der Waals surface area contributed by atoms with Crippen LogP contribution in [0.25, 0.3) is 0 Å². The number of rotatable bonds is 5. The normalized spacial score (nSPS) is 11.1. The molecule has 0 bridgehead atoms. The Balaban J connectivity index is 1.91. The number of non-ortho nitro benzene ring substituents is 1. The fraction of sp³-hybridized carbons (Fsp3) is 0. The molecule has 0 fully saturated rings. The summed E-state index contributed by atoms with van der Waals surface area (Å²) in [6.07, 6.45) is 1.71. The molecule has 0 aliphatic heterocycles. The minimum absolute atomic E-state index is 0.0394. The predicted molar refractivity (Wildman–Crippen MR) is 93.0 cm³/mol. The zero-order valence-corrected chi connectivity index (χ0v) is 12.7. The average molecular weight is 318 g/mol. The van der Waals surface area contributed by atoms with Gasteiger partial charge in [0, 0.05) is 23.9 Å². The van der Waals surface area contributed by atoms with E-state index in [2.05, 4.69) is 15.5 Å². The Morgan fingerprint density at radius 3 is 2.29 bits per heavy atom. The van der Waals surface area contributed by atoms with Crippen LogP contribution in [0.15, 0.2) is 84.1 Å². The van der Waals surface area contributed by atoms with Gasteiger partial charge in [-0.2, -0.15) is 5.10 Å². The highest BCUT2D eigenvalue weighted by Gasteiger charge is 2.08. The van der Waals surface area contributed by atoms with E-state index in [1.165, 1.54) is 12.1 Å². The zero-order valence-electron chi connectivity index (χ0n) is 12.7. The molecule has 0 atom stereocenters. The molecule has 1 aromatic heterocycles. The Morgan fingerprint density at radius 1 is 0.958 bits per heavy atom. The van der Waals surface area contributed by atoms with E-state index in [1.807, 2.05) is 48.5 Å². The number of hydrogen-bond acceptors (Lipinski definition) is 5. The lowest BCUT2D eigenvalue weighted by atomic mass is 10.1. The van der Waals surface area contributed by atoms with Gasteiger partial charge in [0.25, 0.3) is 5.69 Å². The molecule has 6 heteroatoms. The first-order valence-electron chi connectivity index (χ1n) is 7.29. The lowest BCUT2D eigenvalue weighted by Crippen LogP contribution is -2.08. The molecule has 1 heterocycles. The first-order valence-corrected chi connectivity index (χ1v) is 7.29. The number of pyridine rings is 1. The van der Waals surface area contributed by atoms with Crippen molar-refractivity contribution >= 4 is 17.1 Å². The van der Waals surface area contributed by atoms with Crippen LogP contribution < -0.4 is 5.43 Å². The Morgan fingerprint density at radius 2 is 1.67 bits per heavy atom. The molecule has 1 N–H and O–H groups in total. The minimum Gasteiger partial charge on any atom is -0.278 e. The molecule has 118 valence electrons. The van der Waals surface area contributed by atoms with Crippen molar-refractivity contribution in [1.82, 2.24) is 4.98 Å². The summed E-state index contributed by atoms with van der Waals surface area (Å²) in [4.78, 5) is 14.6. The van der Waals surface area contributed by atoms with Gasteiger partial charge in [-0.25, -0.2) is 0 Å². The Bertz CT molecular complexity index is 806. The first-order chi connectivity index (χ1) is 11.7. The summed E-state index contributed by atoms with van der Waals surface area (Å²) >= 11 is 0. The number of nitrogens with zero attached hydrogens (tertiary/aromatic N) is 3. The number of benzene rings is 2. The Kier molecular flexibility index (Phi) is 4.57. The molecule has 0 aliphatic carbocycles. The van der Waals surface area contributed by atoms with Crippen LogP contribution in [0.2, 0.25) is 0 Å². The number of aromatic nitrogens is 1. The standard InChI is InChI=1S/C18H14N4O2/c23-22(24)16-11-9-15(10-12-16)20-21-18(14-6-2-1-3-7-14)17-8-4-5-13-19-17/h1-13,20H/b21-18-. The highest BCUT2D eigenvalue weighted by molar-refractivity contribution is 6.11. The Hall–Kier alpha value is -3.54. The van der Waals surface area contributed by atoms with Crippen molar-refractivity contribution in [2.24, 2.45) is 5.10 Å². The average Bonchev–Trinajstić information content (AvgIpc) is 2.64. The summed E-state index contributed by atoms with van der Waals surface area (Å²) in [7, 11) is 0. The van der Waals surface area contributed by atoms with E-state index < -0.39 is 4.92 Å². The molecule has 6 nitrogen and oxygen atoms in total. The third kappa shape index (κ3) is 3.61. The number of hydrogen-bond donors (Lipinski definition) is 1. The fourth-order valence-corrected chi connectivity index (χ4v) is 2.15. The second-order valence-electron chi connectivity index (χ2n) is 4.96. The van der Waals surface area contributed by atoms with Gasteiger partial charge in [-0.05, 0) is 24.3 Å². The third-order valence-corrected chi connectivity index (χ3v) is 3.33. The van der Waals surface area contributed by atoms with Crippen molar-refractivity contribution < 1.29 is 4.92 Å². The molecule has 0 aliphatic rings. The van der Waals surface area contributed by atoms with Crippen LogP contribution in [-0.2, 0) is 0 Å². The van der Waals surface area contributed by atoms with Crippen LogP contribution in [0, 0.1) is 10.1 Å². The van der Waals surface area contributed by atoms with Crippen molar-refractivity contribution in [2.45, 2.75) is 0 Å². The quantitative estimate of drug-likeness (QED) is 0.440. The van der Waals surface area contributed by atoms with E-state index >= 15 is 0 Å². The van der Waals surface area contributed by atoms with E-state index in [0.29, 0.717) is 11.4 Å². The molecular weight excluding hydrogens is 304 g/mol. The maximum Gasteiger partial charge on any atom is 0.269 e. The van der Waals surface area contributed by atoms with Crippen LogP contribution >= 0.6 is 0 Å². The van der Waals surface area contributed by atoms with E-state index in [1.54, 1.807) is 18.3 Å². The third-order valence-electron chi connectivity index (χ3n) is 3.33. The van der Waals surface area contributed by atoms with Gasteiger partial charge in [0.1, 0.15) is 5.71 Å². The highest BCUT2D eigenvalue weighted by Crippen LogP contribution is 2.16. The van der Waals surface area contributed by atoms with E-state index in [4.69, 9.17) is 0 Å². The minimum atomic E-state index is -0.434. The number of anilines is 1. The molecule has 24 heavy (non-hydrogen) atoms. The van der Waals surface area contributed by atoms with Crippen LogP contribution in [0.1, 0.15) is 11.3 Å². The molecule has 0 spiro atoms. The fourth-order valence-electron chi connectivity index (χ4n) is 2.15. The maximum atomic E-state index is 10.7. The molecule has 0 unspecified atom stereocenters. The number of nitro groups is 1. The second-order valence-corrected chi connectivity index (χ2v) is 4.96. The smallest absolute Gasteiger partial charge is 0.269 e. The molecule has 3 aromatic rings. The van der Waals surface area contributed by atoms with Crippen molar-refractivity contribution in [1.29, 1.82) is 0 Å². The van der Waals surface area contributed by atoms with Crippen LogP contribution in [0.4, 0.5) is 11.4 Å². The predicted octanol–water partition coefficient (Wildman–Crippen LogP) is 3.85. The summed E-state index contributed by atoms with van der Waals surface area (Å²) in [6.45, 7) is 0. The zero-order chi connectivity index (χ0) is 16.8. The van der Waals surface area contributed by atoms with Gasteiger partial charge >= 0.3 is 0 Å². The molecule has 0 amide bonds. The van der Waals surface area contributed by atoms with E-state index in [9.17, 15) is 10.1 Å². The summed E-state index contributed by atoms with van der Waals surface area (Å²) < 4.78 is 0. The van der Waals surface area contributed by atoms with Crippen LogP contribution in [0.5, 0.6) is 0 Å². The van der Waals surface area contributed by atoms with E-state index in [0.717, 1.165) is 11.3 Å². The number of nitrogens with one attached hydrogen (secondary N) is 1. The van der Waals surface area contributed by atoms with Crippen molar-refractivity contribution in [3.8, 4) is 0 Å². The topological polar surface area (TPSA) is 80.4 Å². The lowest BCUT2D eigenvalue weighted by molar-refractivity contribution is -0.384. The van der Waals surface area contributed by atoms with Gasteiger partial charge in [0.15, 0.2) is 0 Å². The van der Waals surface area contributed by atoms with Gasteiger partial charge in [-0.1, -0.05) is 36.4 Å². The second kappa shape index (κ2) is 7.15. The Labute approximate surface area is 138 Å². The SMILES string of the molecule is O=[N+]([O-])c1ccc(N/N=C(/c2ccccc2)c2ccccn2)cc1. The van der Waals surface area contributed by atoms with Gasteiger partial charge in [-0.15, -0.1) is 0 Å². The van der Waals surface area contributed by atoms with Gasteiger partial charge in [0.2, 0.25) is 0 Å². The van der Waals surface area contributed by atoms with E-state index in [-0.39, 0.29) is 5.69 Å². The molecule has 0 saturated carbocycles. The van der Waals surface area contributed by atoms with Crippen molar-refractivity contribution in [3.63, 3.8) is 0 Å². The summed E-state index contributed by atoms with van der Waals surface area (Å²) in [5.41, 5.74) is 5.98. The molecular formula is C18H14N4O2. The first kappa shape index (κ1) is 15.4. The van der Waals surface area contributed by atoms with Gasteiger partial charge in [-0.3, -0.25) is 20.5 Å². The monoisotopic (exact) mass is 318 g/mol. The highest BCUT2D eigenvalue weighted by atomic mass is 16.6. The maximum absolute atomic E-state index is 10.7. The van der Waals surface area contributed by atoms with Gasteiger partial charge in [0.05, 0.1) is 16.3 Å². The molecule has 0 radical (unpaired) electrons. The van der Waals surface area contributed by atoms with Crippen molar-refractivity contribution in [3.05, 3.63) is 100 Å². The molecule has 3 rings (SSSR count). The largest absolute Gasteiger partial charge is 0.278 e. The van der Waals surface area contributed by atoms with Crippen LogP contribution in [-0.4, -0.2) is 15.6 Å². The van der Waals surface area contributed by atoms with Gasteiger partial charge < -0.3 is 0 Å². The summed E-state index contributed by atoms with van der Waals surface area (Å²) in [5.74, 6) is 0. The molecule has 2 aromatic carbocycles. The number of hydrazone groups is 1. The molecule has 0 saturated heterocycles.